The molecule has 0 aliphatic heterocycles. The molecular weight excluding hydrogens is 332 g/mol. The molecule has 0 amide bonds. The minimum Gasteiger partial charge on any atom is -0.494 e. The normalized spacial score (nSPS) is 10.2. The van der Waals surface area contributed by atoms with Crippen LogP contribution in [0.1, 0.15) is 53.3 Å². The van der Waals surface area contributed by atoms with Gasteiger partial charge < -0.3 is 14.2 Å². The first-order valence-corrected chi connectivity index (χ1v) is 8.77. The first-order chi connectivity index (χ1) is 12.6. The predicted molar refractivity (Wildman–Crippen MR) is 98.8 cm³/mol. The summed E-state index contributed by atoms with van der Waals surface area (Å²) in [5.74, 6) is 0.0322. The van der Waals surface area contributed by atoms with Crippen molar-refractivity contribution in [2.75, 3.05) is 13.7 Å². The molecule has 138 valence electrons. The van der Waals surface area contributed by atoms with Crippen molar-refractivity contribution in [2.24, 2.45) is 0 Å². The maximum atomic E-state index is 12.2. The van der Waals surface area contributed by atoms with Crippen LogP contribution in [0, 0.1) is 0 Å². The fourth-order valence-electron chi connectivity index (χ4n) is 2.38. The van der Waals surface area contributed by atoms with Crippen molar-refractivity contribution in [3.63, 3.8) is 0 Å². The molecule has 2 rings (SSSR count). The van der Waals surface area contributed by atoms with E-state index in [0.29, 0.717) is 17.7 Å². The van der Waals surface area contributed by atoms with Gasteiger partial charge in [-0.25, -0.2) is 9.59 Å². The molecule has 0 aromatic heterocycles. The number of esters is 2. The van der Waals surface area contributed by atoms with E-state index in [-0.39, 0.29) is 5.75 Å². The maximum absolute atomic E-state index is 12.2. The summed E-state index contributed by atoms with van der Waals surface area (Å²) in [4.78, 5) is 23.8. The average Bonchev–Trinajstić information content (AvgIpc) is 2.68. The highest BCUT2D eigenvalue weighted by atomic mass is 16.5. The number of carbonyl (C=O) groups excluding carboxylic acids is 2. The Morgan fingerprint density at radius 3 is 2.31 bits per heavy atom. The van der Waals surface area contributed by atoms with Crippen molar-refractivity contribution in [2.45, 2.75) is 32.6 Å². The molecule has 0 fully saturated rings. The van der Waals surface area contributed by atoms with Crippen LogP contribution in [0.3, 0.4) is 0 Å². The smallest absolute Gasteiger partial charge is 0.343 e. The van der Waals surface area contributed by atoms with Gasteiger partial charge >= 0.3 is 11.9 Å². The highest BCUT2D eigenvalue weighted by Gasteiger charge is 2.11. The van der Waals surface area contributed by atoms with Crippen LogP contribution in [0.15, 0.2) is 48.5 Å². The van der Waals surface area contributed by atoms with E-state index >= 15 is 0 Å². The molecule has 0 spiro atoms. The Kier molecular flexibility index (Phi) is 7.68. The molecule has 0 saturated carbocycles. The van der Waals surface area contributed by atoms with Gasteiger partial charge in [-0.1, -0.05) is 32.3 Å². The average molecular weight is 356 g/mol. The van der Waals surface area contributed by atoms with Crippen LogP contribution >= 0.6 is 0 Å². The van der Waals surface area contributed by atoms with Crippen LogP contribution in [-0.4, -0.2) is 25.7 Å². The van der Waals surface area contributed by atoms with Gasteiger partial charge in [-0.3, -0.25) is 0 Å². The number of hydrogen-bond donors (Lipinski definition) is 0. The Hall–Kier alpha value is -2.82. The monoisotopic (exact) mass is 356 g/mol. The van der Waals surface area contributed by atoms with E-state index in [4.69, 9.17) is 9.47 Å². The second-order valence-electron chi connectivity index (χ2n) is 5.84. The predicted octanol–water partition coefficient (Wildman–Crippen LogP) is 4.65. The highest BCUT2D eigenvalue weighted by molar-refractivity contribution is 5.92. The number of methoxy groups -OCH3 is 1. The summed E-state index contributed by atoms with van der Waals surface area (Å²) in [7, 11) is 1.30. The number of hydrogen-bond acceptors (Lipinski definition) is 5. The molecule has 2 aromatic rings. The van der Waals surface area contributed by atoms with E-state index in [1.165, 1.54) is 26.0 Å². The van der Waals surface area contributed by atoms with E-state index in [2.05, 4.69) is 11.7 Å². The third-order valence-electron chi connectivity index (χ3n) is 3.82. The first kappa shape index (κ1) is 19.5. The van der Waals surface area contributed by atoms with E-state index in [0.717, 1.165) is 18.6 Å². The molecule has 26 heavy (non-hydrogen) atoms. The standard InChI is InChI=1S/C21H24O5/c1-3-4-5-6-14-25-18-12-10-16(11-13-18)21(23)26-19-9-7-8-17(15-19)20(22)24-2/h7-13,15H,3-6,14H2,1-2H3. The van der Waals surface area contributed by atoms with Crippen molar-refractivity contribution in [1.29, 1.82) is 0 Å². The van der Waals surface area contributed by atoms with Gasteiger partial charge in [0.1, 0.15) is 11.5 Å². The summed E-state index contributed by atoms with van der Waals surface area (Å²) >= 11 is 0. The number of benzene rings is 2. The van der Waals surface area contributed by atoms with Crippen LogP contribution < -0.4 is 9.47 Å². The molecule has 0 saturated heterocycles. The molecule has 0 unspecified atom stereocenters. The fourth-order valence-corrected chi connectivity index (χ4v) is 2.38. The Balaban J connectivity index is 1.90. The summed E-state index contributed by atoms with van der Waals surface area (Å²) in [6, 6.07) is 13.1. The summed E-state index contributed by atoms with van der Waals surface area (Å²) in [5, 5.41) is 0. The van der Waals surface area contributed by atoms with Gasteiger partial charge in [-0.15, -0.1) is 0 Å². The van der Waals surface area contributed by atoms with E-state index in [1.54, 1.807) is 42.5 Å². The van der Waals surface area contributed by atoms with Crippen molar-refractivity contribution in [3.05, 3.63) is 59.7 Å². The maximum Gasteiger partial charge on any atom is 0.343 e. The van der Waals surface area contributed by atoms with Crippen LogP contribution in [0.4, 0.5) is 0 Å². The molecule has 5 nitrogen and oxygen atoms in total. The molecule has 0 heterocycles. The highest BCUT2D eigenvalue weighted by Crippen LogP contribution is 2.18. The third-order valence-corrected chi connectivity index (χ3v) is 3.82. The first-order valence-electron chi connectivity index (χ1n) is 8.77. The quantitative estimate of drug-likeness (QED) is 0.372. The zero-order chi connectivity index (χ0) is 18.8. The minimum absolute atomic E-state index is 0.286. The largest absolute Gasteiger partial charge is 0.494 e. The van der Waals surface area contributed by atoms with E-state index < -0.39 is 11.9 Å². The Morgan fingerprint density at radius 1 is 0.846 bits per heavy atom. The summed E-state index contributed by atoms with van der Waals surface area (Å²) in [6.07, 6.45) is 4.59. The zero-order valence-corrected chi connectivity index (χ0v) is 15.2. The van der Waals surface area contributed by atoms with Gasteiger partial charge in [0.15, 0.2) is 0 Å². The van der Waals surface area contributed by atoms with Crippen LogP contribution in [-0.2, 0) is 4.74 Å². The van der Waals surface area contributed by atoms with Gasteiger partial charge in [0.25, 0.3) is 0 Å². The molecule has 0 bridgehead atoms. The SMILES string of the molecule is CCCCCCOc1ccc(C(=O)Oc2cccc(C(=O)OC)c2)cc1. The minimum atomic E-state index is -0.499. The molecule has 0 atom stereocenters. The van der Waals surface area contributed by atoms with Crippen molar-refractivity contribution < 1.29 is 23.8 Å². The third kappa shape index (κ3) is 5.92. The summed E-state index contributed by atoms with van der Waals surface area (Å²) in [6.45, 7) is 2.84. The van der Waals surface area contributed by atoms with Gasteiger partial charge in [0, 0.05) is 0 Å². The lowest BCUT2D eigenvalue weighted by atomic mass is 10.2. The fraction of sp³-hybridized carbons (Fsp3) is 0.333. The lowest BCUT2D eigenvalue weighted by Gasteiger charge is -2.08. The molecule has 0 N–H and O–H groups in total. The zero-order valence-electron chi connectivity index (χ0n) is 15.2. The van der Waals surface area contributed by atoms with E-state index in [9.17, 15) is 9.59 Å². The van der Waals surface area contributed by atoms with Gasteiger partial charge in [0.2, 0.25) is 0 Å². The lowest BCUT2D eigenvalue weighted by molar-refractivity contribution is 0.0597. The molecule has 2 aromatic carbocycles. The summed E-state index contributed by atoms with van der Waals surface area (Å²) in [5.41, 5.74) is 0.733. The van der Waals surface area contributed by atoms with Crippen LogP contribution in [0.5, 0.6) is 11.5 Å². The Labute approximate surface area is 153 Å². The molecule has 0 radical (unpaired) electrons. The molecule has 0 aliphatic carbocycles. The van der Waals surface area contributed by atoms with Gasteiger partial charge in [-0.05, 0) is 48.9 Å². The van der Waals surface area contributed by atoms with Gasteiger partial charge in [0.05, 0.1) is 24.8 Å². The molecular formula is C21H24O5. The summed E-state index contributed by atoms with van der Waals surface area (Å²) < 4.78 is 15.6. The van der Waals surface area contributed by atoms with Crippen molar-refractivity contribution in [3.8, 4) is 11.5 Å². The second kappa shape index (κ2) is 10.2. The Bertz CT molecular complexity index is 721. The topological polar surface area (TPSA) is 61.8 Å². The number of rotatable bonds is 9. The van der Waals surface area contributed by atoms with Crippen molar-refractivity contribution in [1.82, 2.24) is 0 Å². The second-order valence-corrected chi connectivity index (χ2v) is 5.84. The Morgan fingerprint density at radius 2 is 1.62 bits per heavy atom. The van der Waals surface area contributed by atoms with Crippen LogP contribution in [0.25, 0.3) is 0 Å². The number of carbonyl (C=O) groups is 2. The molecule has 5 heteroatoms. The lowest BCUT2D eigenvalue weighted by Crippen LogP contribution is -2.09. The van der Waals surface area contributed by atoms with Crippen molar-refractivity contribution >= 4 is 11.9 Å². The number of ether oxygens (including phenoxy) is 3. The van der Waals surface area contributed by atoms with E-state index in [1.807, 2.05) is 0 Å². The van der Waals surface area contributed by atoms with Gasteiger partial charge in [-0.2, -0.15) is 0 Å². The number of unbranched alkanes of at least 4 members (excludes halogenated alkanes) is 3. The molecule has 0 aliphatic rings. The van der Waals surface area contributed by atoms with Crippen LogP contribution in [0.2, 0.25) is 0 Å².